The molecule has 29 heavy (non-hydrogen) atoms. The molecule has 0 fully saturated rings. The summed E-state index contributed by atoms with van der Waals surface area (Å²) in [6.07, 6.45) is 2.15. The van der Waals surface area contributed by atoms with Crippen molar-refractivity contribution >= 4 is 16.9 Å². The van der Waals surface area contributed by atoms with Gasteiger partial charge in [0.2, 0.25) is 0 Å². The van der Waals surface area contributed by atoms with Crippen LogP contribution in [0.2, 0.25) is 0 Å². The van der Waals surface area contributed by atoms with Crippen molar-refractivity contribution in [2.24, 2.45) is 0 Å². The monoisotopic (exact) mass is 385 g/mol. The molecule has 1 heterocycles. The number of carbonyl (C=O) groups is 1. The maximum Gasteiger partial charge on any atom is 0.336 e. The van der Waals surface area contributed by atoms with Crippen molar-refractivity contribution in [1.29, 1.82) is 0 Å². The van der Waals surface area contributed by atoms with Gasteiger partial charge in [-0.3, -0.25) is 0 Å². The minimum atomic E-state index is -1.10. The van der Waals surface area contributed by atoms with Crippen LogP contribution in [0.4, 0.5) is 4.39 Å². The average Bonchev–Trinajstić information content (AvgIpc) is 2.73. The van der Waals surface area contributed by atoms with E-state index in [1.807, 2.05) is 24.3 Å². The second-order valence-electron chi connectivity index (χ2n) is 7.05. The highest BCUT2D eigenvalue weighted by Crippen LogP contribution is 2.28. The molecule has 1 aromatic heterocycles. The first-order valence-corrected chi connectivity index (χ1v) is 9.58. The van der Waals surface area contributed by atoms with Crippen molar-refractivity contribution in [2.75, 3.05) is 0 Å². The van der Waals surface area contributed by atoms with E-state index in [0.717, 1.165) is 29.5 Å². The summed E-state index contributed by atoms with van der Waals surface area (Å²) in [6, 6.07) is 21.9. The summed E-state index contributed by atoms with van der Waals surface area (Å²) in [5.41, 5.74) is 5.41. The van der Waals surface area contributed by atoms with Gasteiger partial charge in [0.25, 0.3) is 0 Å². The number of aryl methyl sites for hydroxylation is 1. The molecule has 0 aliphatic rings. The Balaban J connectivity index is 1.74. The molecule has 3 nitrogen and oxygen atoms in total. The molecule has 0 spiro atoms. The number of halogens is 1. The highest BCUT2D eigenvalue weighted by Gasteiger charge is 2.14. The predicted octanol–water partition coefficient (Wildman–Crippen LogP) is 6.36. The molecule has 0 bridgehead atoms. The van der Waals surface area contributed by atoms with Gasteiger partial charge in [-0.05, 0) is 47.4 Å². The van der Waals surface area contributed by atoms with Gasteiger partial charge in [0.1, 0.15) is 5.82 Å². The number of carboxylic acids is 1. The zero-order valence-electron chi connectivity index (χ0n) is 16.0. The van der Waals surface area contributed by atoms with E-state index >= 15 is 0 Å². The lowest BCUT2D eigenvalue weighted by atomic mass is 9.98. The third-order valence-corrected chi connectivity index (χ3v) is 4.98. The van der Waals surface area contributed by atoms with Crippen LogP contribution in [0.1, 0.15) is 29.3 Å². The van der Waals surface area contributed by atoms with Crippen LogP contribution in [0.25, 0.3) is 33.3 Å². The number of hydrogen-bond donors (Lipinski definition) is 1. The Labute approximate surface area is 168 Å². The molecule has 3 aromatic carbocycles. The van der Waals surface area contributed by atoms with E-state index in [4.69, 9.17) is 0 Å². The fraction of sp³-hybridized carbons (Fsp3) is 0.120. The van der Waals surface area contributed by atoms with Crippen molar-refractivity contribution in [3.63, 3.8) is 0 Å². The van der Waals surface area contributed by atoms with Crippen molar-refractivity contribution in [3.8, 4) is 22.4 Å². The first-order chi connectivity index (χ1) is 14.0. The molecular formula is C25H20FNO2. The molecule has 0 saturated carbocycles. The number of aromatic carboxylic acids is 1. The van der Waals surface area contributed by atoms with E-state index in [9.17, 15) is 14.3 Å². The van der Waals surface area contributed by atoms with Gasteiger partial charge in [0.05, 0.1) is 16.8 Å². The molecule has 4 aromatic rings. The highest BCUT2D eigenvalue weighted by molar-refractivity contribution is 6.03. The maximum absolute atomic E-state index is 13.6. The van der Waals surface area contributed by atoms with Crippen LogP contribution in [0.3, 0.4) is 0 Å². The topological polar surface area (TPSA) is 50.2 Å². The van der Waals surface area contributed by atoms with Crippen LogP contribution in [0.5, 0.6) is 0 Å². The van der Waals surface area contributed by atoms with Gasteiger partial charge < -0.3 is 5.11 Å². The van der Waals surface area contributed by atoms with Gasteiger partial charge in [0.15, 0.2) is 0 Å². The number of rotatable bonds is 5. The molecule has 0 radical (unpaired) electrons. The van der Waals surface area contributed by atoms with Gasteiger partial charge in [0, 0.05) is 10.9 Å². The van der Waals surface area contributed by atoms with Crippen LogP contribution >= 0.6 is 0 Å². The Morgan fingerprint density at radius 2 is 1.69 bits per heavy atom. The van der Waals surface area contributed by atoms with E-state index in [2.05, 4.69) is 36.2 Å². The van der Waals surface area contributed by atoms with Gasteiger partial charge in [-0.25, -0.2) is 14.2 Å². The number of benzene rings is 3. The molecule has 144 valence electrons. The summed E-state index contributed by atoms with van der Waals surface area (Å²) >= 11 is 0. The Morgan fingerprint density at radius 1 is 0.931 bits per heavy atom. The number of fused-ring (bicyclic) bond motifs is 1. The van der Waals surface area contributed by atoms with Crippen molar-refractivity contribution in [3.05, 3.63) is 89.7 Å². The third-order valence-electron chi connectivity index (χ3n) is 4.98. The van der Waals surface area contributed by atoms with Crippen molar-refractivity contribution < 1.29 is 14.3 Å². The highest BCUT2D eigenvalue weighted by atomic mass is 19.1. The van der Waals surface area contributed by atoms with Crippen molar-refractivity contribution in [1.82, 2.24) is 4.98 Å². The summed E-state index contributed by atoms with van der Waals surface area (Å²) < 4.78 is 13.6. The van der Waals surface area contributed by atoms with Crippen LogP contribution in [-0.4, -0.2) is 16.1 Å². The van der Waals surface area contributed by atoms with Gasteiger partial charge in [-0.15, -0.1) is 0 Å². The Kier molecular flexibility index (Phi) is 5.09. The van der Waals surface area contributed by atoms with E-state index in [0.29, 0.717) is 16.6 Å². The average molecular weight is 385 g/mol. The normalized spacial score (nSPS) is 11.0. The van der Waals surface area contributed by atoms with E-state index < -0.39 is 11.8 Å². The largest absolute Gasteiger partial charge is 0.478 e. The number of nitrogens with zero attached hydrogens (tertiary/aromatic N) is 1. The third kappa shape index (κ3) is 3.87. The lowest BCUT2D eigenvalue weighted by Gasteiger charge is -2.09. The summed E-state index contributed by atoms with van der Waals surface area (Å²) in [5.74, 6) is -1.59. The van der Waals surface area contributed by atoms with Crippen LogP contribution in [-0.2, 0) is 6.42 Å². The summed E-state index contributed by atoms with van der Waals surface area (Å²) in [5, 5.41) is 9.85. The summed E-state index contributed by atoms with van der Waals surface area (Å²) in [4.78, 5) is 16.2. The number of hydrogen-bond acceptors (Lipinski definition) is 2. The first-order valence-electron chi connectivity index (χ1n) is 9.58. The van der Waals surface area contributed by atoms with Crippen LogP contribution in [0, 0.1) is 5.82 Å². The lowest BCUT2D eigenvalue weighted by Crippen LogP contribution is -2.00. The summed E-state index contributed by atoms with van der Waals surface area (Å²) in [6.45, 7) is 2.16. The minimum Gasteiger partial charge on any atom is -0.478 e. The standard InChI is InChI=1S/C25H20FNO2/c1-2-4-16-5-3-6-19(13-16)17-7-9-18(10-8-17)24-15-22(25(28)29)21-14-20(26)11-12-23(21)27-24/h3,5-15H,2,4H2,1H3,(H,28,29). The number of pyridine rings is 1. The predicted molar refractivity (Wildman–Crippen MR) is 114 cm³/mol. The molecule has 0 saturated heterocycles. The van der Waals surface area contributed by atoms with E-state index in [1.165, 1.54) is 29.8 Å². The SMILES string of the molecule is CCCc1cccc(-c2ccc(-c3cc(C(=O)O)c4cc(F)ccc4n3)cc2)c1. The van der Waals surface area contributed by atoms with E-state index in [1.54, 1.807) is 0 Å². The fourth-order valence-corrected chi connectivity index (χ4v) is 3.55. The Hall–Kier alpha value is -3.53. The van der Waals surface area contributed by atoms with Crippen LogP contribution in [0.15, 0.2) is 72.8 Å². The zero-order chi connectivity index (χ0) is 20.4. The van der Waals surface area contributed by atoms with Gasteiger partial charge in [-0.1, -0.05) is 61.9 Å². The minimum absolute atomic E-state index is 0.0424. The molecule has 0 atom stereocenters. The first kappa shape index (κ1) is 18.8. The molecule has 0 aliphatic heterocycles. The van der Waals surface area contributed by atoms with Gasteiger partial charge in [-0.2, -0.15) is 0 Å². The lowest BCUT2D eigenvalue weighted by molar-refractivity contribution is 0.0699. The summed E-state index contributed by atoms with van der Waals surface area (Å²) in [7, 11) is 0. The second-order valence-corrected chi connectivity index (χ2v) is 7.05. The molecular weight excluding hydrogens is 365 g/mol. The molecule has 0 amide bonds. The Bertz CT molecular complexity index is 1200. The number of aromatic nitrogens is 1. The molecule has 1 N–H and O–H groups in total. The zero-order valence-corrected chi connectivity index (χ0v) is 16.0. The van der Waals surface area contributed by atoms with Crippen molar-refractivity contribution in [2.45, 2.75) is 19.8 Å². The smallest absolute Gasteiger partial charge is 0.336 e. The quantitative estimate of drug-likeness (QED) is 0.435. The van der Waals surface area contributed by atoms with E-state index in [-0.39, 0.29) is 5.56 Å². The van der Waals surface area contributed by atoms with Gasteiger partial charge >= 0.3 is 5.97 Å². The fourth-order valence-electron chi connectivity index (χ4n) is 3.55. The van der Waals surface area contributed by atoms with Crippen LogP contribution < -0.4 is 0 Å². The maximum atomic E-state index is 13.6. The second kappa shape index (κ2) is 7.84. The Morgan fingerprint density at radius 3 is 2.41 bits per heavy atom. The molecule has 0 unspecified atom stereocenters. The molecule has 4 rings (SSSR count). The molecule has 4 heteroatoms. The number of carboxylic acid groups (broad SMARTS) is 1. The molecule has 0 aliphatic carbocycles.